The van der Waals surface area contributed by atoms with Gasteiger partial charge in [0, 0.05) is 35.1 Å². The molecule has 4 heterocycles. The van der Waals surface area contributed by atoms with E-state index in [9.17, 15) is 14.0 Å². The number of primary amides is 1. The van der Waals surface area contributed by atoms with Gasteiger partial charge in [-0.1, -0.05) is 11.2 Å². The van der Waals surface area contributed by atoms with Crippen molar-refractivity contribution >= 4 is 17.5 Å². The molecule has 1 aliphatic heterocycles. The van der Waals surface area contributed by atoms with Crippen LogP contribution in [0.15, 0.2) is 41.2 Å². The number of halogens is 1. The number of aromatic nitrogens is 5. The largest absolute Gasteiger partial charge is 0.493 e. The minimum atomic E-state index is -0.689. The van der Waals surface area contributed by atoms with Crippen LogP contribution in [-0.4, -0.2) is 43.9 Å². The van der Waals surface area contributed by atoms with Crippen molar-refractivity contribution in [3.8, 4) is 17.0 Å². The first-order valence-corrected chi connectivity index (χ1v) is 13.1. The van der Waals surface area contributed by atoms with E-state index in [0.717, 1.165) is 34.6 Å². The quantitative estimate of drug-likeness (QED) is 0.301. The van der Waals surface area contributed by atoms with Crippen LogP contribution in [-0.2, 0) is 11.2 Å². The number of H-pyrrole nitrogens is 1. The topological polar surface area (TPSA) is 162 Å². The summed E-state index contributed by atoms with van der Waals surface area (Å²) in [7, 11) is 0. The van der Waals surface area contributed by atoms with Crippen LogP contribution in [0.1, 0.15) is 58.3 Å². The zero-order valence-corrected chi connectivity index (χ0v) is 22.0. The highest BCUT2D eigenvalue weighted by molar-refractivity contribution is 5.92. The van der Waals surface area contributed by atoms with Gasteiger partial charge in [-0.25, -0.2) is 9.02 Å². The van der Waals surface area contributed by atoms with Crippen LogP contribution in [0.25, 0.3) is 11.3 Å². The monoisotopic (exact) mass is 545 g/mol. The van der Waals surface area contributed by atoms with Crippen LogP contribution in [0.5, 0.6) is 5.75 Å². The highest BCUT2D eigenvalue weighted by Gasteiger charge is 2.61. The maximum atomic E-state index is 14.0. The lowest BCUT2D eigenvalue weighted by Gasteiger charge is -2.35. The van der Waals surface area contributed by atoms with E-state index in [1.165, 1.54) is 12.1 Å². The molecule has 4 aromatic rings. The van der Waals surface area contributed by atoms with Crippen molar-refractivity contribution in [3.05, 3.63) is 70.7 Å². The number of benzene rings is 1. The number of nitrogens with two attached hydrogens (primary N) is 1. The summed E-state index contributed by atoms with van der Waals surface area (Å²) in [5.74, 6) is -0.778. The highest BCUT2D eigenvalue weighted by atomic mass is 19.1. The molecule has 1 aromatic carbocycles. The Labute approximate surface area is 228 Å². The average Bonchev–Trinajstić information content (AvgIpc) is 3.22. The molecule has 0 radical (unpaired) electrons. The normalized spacial score (nSPS) is 21.1. The third kappa shape index (κ3) is 4.59. The highest BCUT2D eigenvalue weighted by Crippen LogP contribution is 2.66. The average molecular weight is 546 g/mol. The fourth-order valence-electron chi connectivity index (χ4n) is 6.06. The SMILES string of the molecule is Cc1n[nH]c(C)c1-c1ccc(NC(=O)CC2c3ccc(F)cc3OCC23CC3CCc2nonc2C(N)=O)cn1. The summed E-state index contributed by atoms with van der Waals surface area (Å²) in [4.78, 5) is 29.4. The maximum absolute atomic E-state index is 14.0. The van der Waals surface area contributed by atoms with Gasteiger partial charge in [0.15, 0.2) is 5.69 Å². The van der Waals surface area contributed by atoms with E-state index in [0.29, 0.717) is 36.6 Å². The summed E-state index contributed by atoms with van der Waals surface area (Å²) in [6.45, 7) is 4.21. The predicted octanol–water partition coefficient (Wildman–Crippen LogP) is 3.85. The molecule has 6 rings (SSSR count). The molecule has 1 spiro atoms. The Morgan fingerprint density at radius 3 is 2.80 bits per heavy atom. The molecule has 2 aliphatic rings. The summed E-state index contributed by atoms with van der Waals surface area (Å²) in [6, 6.07) is 8.14. The number of hydrogen-bond acceptors (Lipinski definition) is 8. The molecule has 3 aromatic heterocycles. The molecule has 3 atom stereocenters. The van der Waals surface area contributed by atoms with Gasteiger partial charge in [-0.3, -0.25) is 19.7 Å². The Kier molecular flexibility index (Phi) is 6.32. The molecule has 1 aliphatic carbocycles. The number of aryl methyl sites for hydroxylation is 3. The van der Waals surface area contributed by atoms with Gasteiger partial charge >= 0.3 is 0 Å². The van der Waals surface area contributed by atoms with Gasteiger partial charge in [-0.15, -0.1) is 0 Å². The van der Waals surface area contributed by atoms with E-state index in [-0.39, 0.29) is 35.3 Å². The fraction of sp³-hybridized carbons (Fsp3) is 0.357. The molecule has 4 N–H and O–H groups in total. The van der Waals surface area contributed by atoms with Crippen molar-refractivity contribution in [3.63, 3.8) is 0 Å². The first-order chi connectivity index (χ1) is 19.2. The zero-order chi connectivity index (χ0) is 28.0. The number of rotatable bonds is 8. The Morgan fingerprint density at radius 2 is 2.08 bits per heavy atom. The van der Waals surface area contributed by atoms with Crippen LogP contribution >= 0.6 is 0 Å². The van der Waals surface area contributed by atoms with E-state index in [4.69, 9.17) is 15.1 Å². The molecule has 3 unspecified atom stereocenters. The third-order valence-electron chi connectivity index (χ3n) is 8.16. The molecule has 0 bridgehead atoms. The number of hydrogen-bond donors (Lipinski definition) is 3. The second-order valence-corrected chi connectivity index (χ2v) is 10.6. The summed E-state index contributed by atoms with van der Waals surface area (Å²) in [5, 5.41) is 17.6. The molecule has 0 saturated heterocycles. The predicted molar refractivity (Wildman–Crippen MR) is 141 cm³/mol. The molecule has 206 valence electrons. The van der Waals surface area contributed by atoms with Crippen molar-refractivity contribution in [2.75, 3.05) is 11.9 Å². The molecule has 12 heteroatoms. The number of nitrogens with zero attached hydrogens (tertiary/aromatic N) is 4. The zero-order valence-electron chi connectivity index (χ0n) is 22.0. The van der Waals surface area contributed by atoms with E-state index in [1.54, 1.807) is 12.3 Å². The molecular weight excluding hydrogens is 517 g/mol. The van der Waals surface area contributed by atoms with Crippen LogP contribution in [0.3, 0.4) is 0 Å². The Balaban J connectivity index is 1.19. The van der Waals surface area contributed by atoms with Crippen LogP contribution in [0, 0.1) is 31.0 Å². The van der Waals surface area contributed by atoms with Gasteiger partial charge in [0.2, 0.25) is 5.91 Å². The second kappa shape index (κ2) is 9.85. The number of nitrogens with one attached hydrogen (secondary N) is 2. The minimum absolute atomic E-state index is 0.0315. The lowest BCUT2D eigenvalue weighted by atomic mass is 9.77. The summed E-state index contributed by atoms with van der Waals surface area (Å²) < 4.78 is 24.7. The van der Waals surface area contributed by atoms with Gasteiger partial charge in [-0.05, 0) is 67.9 Å². The summed E-state index contributed by atoms with van der Waals surface area (Å²) in [5.41, 5.74) is 10.4. The molecule has 2 amide bonds. The van der Waals surface area contributed by atoms with E-state index in [2.05, 4.69) is 30.8 Å². The number of amides is 2. The van der Waals surface area contributed by atoms with E-state index >= 15 is 0 Å². The molecule has 40 heavy (non-hydrogen) atoms. The number of carbonyl (C=O) groups excluding carboxylic acids is 2. The Bertz CT molecular complexity index is 1580. The lowest BCUT2D eigenvalue weighted by molar-refractivity contribution is -0.117. The first-order valence-electron chi connectivity index (χ1n) is 13.1. The third-order valence-corrected chi connectivity index (χ3v) is 8.16. The van der Waals surface area contributed by atoms with Gasteiger partial charge in [0.05, 0.1) is 29.9 Å². The van der Waals surface area contributed by atoms with Crippen LogP contribution in [0.4, 0.5) is 10.1 Å². The van der Waals surface area contributed by atoms with Crippen molar-refractivity contribution in [1.29, 1.82) is 0 Å². The van der Waals surface area contributed by atoms with Gasteiger partial charge in [0.25, 0.3) is 5.91 Å². The number of aromatic amines is 1. The minimum Gasteiger partial charge on any atom is -0.493 e. The number of carbonyl (C=O) groups is 2. The number of ether oxygens (including phenoxy) is 1. The molecule has 1 fully saturated rings. The Morgan fingerprint density at radius 1 is 1.23 bits per heavy atom. The van der Waals surface area contributed by atoms with Crippen molar-refractivity contribution < 1.29 is 23.3 Å². The van der Waals surface area contributed by atoms with Gasteiger partial charge in [-0.2, -0.15) is 5.10 Å². The fourth-order valence-corrected chi connectivity index (χ4v) is 6.06. The second-order valence-electron chi connectivity index (χ2n) is 10.6. The van der Waals surface area contributed by atoms with Crippen LogP contribution < -0.4 is 15.8 Å². The van der Waals surface area contributed by atoms with E-state index < -0.39 is 11.7 Å². The van der Waals surface area contributed by atoms with Crippen LogP contribution in [0.2, 0.25) is 0 Å². The number of pyridine rings is 1. The van der Waals surface area contributed by atoms with Gasteiger partial charge in [0.1, 0.15) is 17.3 Å². The smallest absolute Gasteiger partial charge is 0.272 e. The van der Waals surface area contributed by atoms with Gasteiger partial charge < -0.3 is 15.8 Å². The lowest BCUT2D eigenvalue weighted by Crippen LogP contribution is -2.32. The Hall–Kier alpha value is -4.61. The van der Waals surface area contributed by atoms with E-state index in [1.807, 2.05) is 26.0 Å². The standard InChI is InChI=1S/C28H28FN7O4/c1-14-25(15(2)34-33-14)21-8-5-18(12-31-21)32-24(37)10-20-19-6-4-17(29)9-23(19)39-13-28(20)11-16(28)3-7-22-26(27(30)38)36-40-35-22/h4-6,8-9,12,16,20H,3,7,10-11,13H2,1-2H3,(H2,30,38)(H,32,37)(H,33,34). The number of fused-ring (bicyclic) bond motifs is 1. The van der Waals surface area contributed by atoms with Crippen molar-refractivity contribution in [2.45, 2.75) is 45.4 Å². The molecule has 11 nitrogen and oxygen atoms in total. The molecule has 1 saturated carbocycles. The number of anilines is 1. The first kappa shape index (κ1) is 25.7. The summed E-state index contributed by atoms with van der Waals surface area (Å²) >= 11 is 0. The summed E-state index contributed by atoms with van der Waals surface area (Å²) in [6.07, 6.45) is 3.78. The van der Waals surface area contributed by atoms with Crippen molar-refractivity contribution in [1.82, 2.24) is 25.5 Å². The van der Waals surface area contributed by atoms with Crippen molar-refractivity contribution in [2.24, 2.45) is 17.1 Å². The molecular formula is C28H28FN7O4. The maximum Gasteiger partial charge on any atom is 0.272 e.